The van der Waals surface area contributed by atoms with Gasteiger partial charge in [0.1, 0.15) is 0 Å². The highest BCUT2D eigenvalue weighted by Crippen LogP contribution is 2.50. The lowest BCUT2D eigenvalue weighted by atomic mass is 9.62. The van der Waals surface area contributed by atoms with E-state index in [0.717, 1.165) is 35.7 Å². The van der Waals surface area contributed by atoms with Crippen molar-refractivity contribution in [1.82, 2.24) is 0 Å². The van der Waals surface area contributed by atoms with Crippen LogP contribution in [-0.4, -0.2) is 5.11 Å². The topological polar surface area (TPSA) is 44.0 Å². The Bertz CT molecular complexity index is 494. The normalized spacial score (nSPS) is 22.5. The van der Waals surface area contributed by atoms with Crippen LogP contribution in [0.3, 0.4) is 0 Å². The van der Waals surface area contributed by atoms with Crippen LogP contribution in [-0.2, 0) is 0 Å². The predicted octanol–water partition coefficient (Wildman–Crippen LogP) is 4.59. The molecule has 1 atom stereocenters. The number of hydrogen-bond acceptors (Lipinski definition) is 2. The summed E-state index contributed by atoms with van der Waals surface area (Å²) in [7, 11) is 0. The number of aliphatic hydroxyl groups is 1. The van der Waals surface area contributed by atoms with Gasteiger partial charge in [-0.2, -0.15) is 5.26 Å². The second-order valence-corrected chi connectivity index (χ2v) is 7.31. The summed E-state index contributed by atoms with van der Waals surface area (Å²) in [6, 6.07) is 10.0. The zero-order chi connectivity index (χ0) is 14.1. The van der Waals surface area contributed by atoms with Crippen molar-refractivity contribution in [3.63, 3.8) is 0 Å². The van der Waals surface area contributed by atoms with Crippen LogP contribution in [0.15, 0.2) is 28.7 Å². The Morgan fingerprint density at radius 1 is 1.26 bits per heavy atom. The summed E-state index contributed by atoms with van der Waals surface area (Å²) in [4.78, 5) is 0. The molecule has 102 valence electrons. The lowest BCUT2D eigenvalue weighted by molar-refractivity contribution is 0.00952. The minimum absolute atomic E-state index is 0.289. The van der Waals surface area contributed by atoms with Gasteiger partial charge in [0.2, 0.25) is 0 Å². The molecule has 0 heterocycles. The molecule has 19 heavy (non-hydrogen) atoms. The van der Waals surface area contributed by atoms with Crippen molar-refractivity contribution in [2.45, 2.75) is 45.6 Å². The first-order chi connectivity index (χ1) is 8.88. The highest BCUT2D eigenvalue weighted by Gasteiger charge is 2.44. The maximum absolute atomic E-state index is 10.6. The number of hydrogen-bond donors (Lipinski definition) is 1. The van der Waals surface area contributed by atoms with Gasteiger partial charge in [-0.25, -0.2) is 0 Å². The Labute approximate surface area is 123 Å². The van der Waals surface area contributed by atoms with Gasteiger partial charge in [-0.15, -0.1) is 0 Å². The molecule has 2 rings (SSSR count). The summed E-state index contributed by atoms with van der Waals surface area (Å²) >= 11 is 3.42. The standard InChI is InChI=1S/C16H20BrNO/c1-15(2)6-8-16(11-18,9-7-15)14(19)12-4-3-5-13(17)10-12/h3-5,10,14,19H,6-9H2,1-2H3. The van der Waals surface area contributed by atoms with E-state index < -0.39 is 11.5 Å². The van der Waals surface area contributed by atoms with Crippen LogP contribution < -0.4 is 0 Å². The van der Waals surface area contributed by atoms with Crippen LogP contribution in [0.1, 0.15) is 51.2 Å². The molecule has 1 aromatic rings. The molecule has 0 aromatic heterocycles. The van der Waals surface area contributed by atoms with Gasteiger partial charge in [-0.1, -0.05) is 41.9 Å². The molecule has 0 aliphatic heterocycles. The Morgan fingerprint density at radius 3 is 2.42 bits per heavy atom. The molecule has 1 N–H and O–H groups in total. The first-order valence-electron chi connectivity index (χ1n) is 6.73. The molecule has 1 unspecified atom stereocenters. The Morgan fingerprint density at radius 2 is 1.89 bits per heavy atom. The fraction of sp³-hybridized carbons (Fsp3) is 0.562. The first-order valence-corrected chi connectivity index (χ1v) is 7.53. The Balaban J connectivity index is 2.26. The van der Waals surface area contributed by atoms with Crippen LogP contribution in [0, 0.1) is 22.2 Å². The molecule has 0 bridgehead atoms. The number of aliphatic hydroxyl groups excluding tert-OH is 1. The van der Waals surface area contributed by atoms with Crippen molar-refractivity contribution < 1.29 is 5.11 Å². The van der Waals surface area contributed by atoms with Crippen LogP contribution in [0.4, 0.5) is 0 Å². The Hall–Kier alpha value is -0.850. The second kappa shape index (κ2) is 5.26. The average Bonchev–Trinajstić information content (AvgIpc) is 2.39. The van der Waals surface area contributed by atoms with E-state index in [-0.39, 0.29) is 5.41 Å². The van der Waals surface area contributed by atoms with Gasteiger partial charge in [-0.3, -0.25) is 0 Å². The number of nitriles is 1. The lowest BCUT2D eigenvalue weighted by Crippen LogP contribution is -2.35. The van der Waals surface area contributed by atoms with Gasteiger partial charge >= 0.3 is 0 Å². The summed E-state index contributed by atoms with van der Waals surface area (Å²) in [6.45, 7) is 4.47. The van der Waals surface area contributed by atoms with Crippen LogP contribution in [0.2, 0.25) is 0 Å². The van der Waals surface area contributed by atoms with Crippen LogP contribution >= 0.6 is 15.9 Å². The summed E-state index contributed by atoms with van der Waals surface area (Å²) in [5.41, 5.74) is 0.490. The monoisotopic (exact) mass is 321 g/mol. The van der Waals surface area contributed by atoms with E-state index in [1.807, 2.05) is 24.3 Å². The molecule has 1 fully saturated rings. The van der Waals surface area contributed by atoms with Crippen LogP contribution in [0.25, 0.3) is 0 Å². The van der Waals surface area contributed by atoms with Crippen molar-refractivity contribution in [1.29, 1.82) is 5.26 Å². The number of nitrogens with zero attached hydrogens (tertiary/aromatic N) is 1. The molecule has 1 aliphatic rings. The SMILES string of the molecule is CC1(C)CCC(C#N)(C(O)c2cccc(Br)c2)CC1. The predicted molar refractivity (Wildman–Crippen MR) is 79.4 cm³/mol. The highest BCUT2D eigenvalue weighted by atomic mass is 79.9. The van der Waals surface area contributed by atoms with E-state index >= 15 is 0 Å². The first kappa shape index (κ1) is 14.6. The van der Waals surface area contributed by atoms with Crippen molar-refractivity contribution >= 4 is 15.9 Å². The third kappa shape index (κ3) is 3.01. The molecule has 0 spiro atoms. The fourth-order valence-electron chi connectivity index (χ4n) is 2.81. The number of rotatable bonds is 2. The maximum Gasteiger partial charge on any atom is 0.0976 e. The van der Waals surface area contributed by atoms with Gasteiger partial charge in [0.15, 0.2) is 0 Å². The number of halogens is 1. The van der Waals surface area contributed by atoms with Crippen molar-refractivity contribution in [2.75, 3.05) is 0 Å². The minimum atomic E-state index is -0.703. The molecule has 3 heteroatoms. The molecule has 1 saturated carbocycles. The third-order valence-corrected chi connectivity index (χ3v) is 4.90. The summed E-state index contributed by atoms with van der Waals surface area (Å²) in [6.07, 6.45) is 2.82. The van der Waals surface area contributed by atoms with Gasteiger partial charge in [0.25, 0.3) is 0 Å². The van der Waals surface area contributed by atoms with Crippen molar-refractivity contribution in [2.24, 2.45) is 10.8 Å². The van der Waals surface area contributed by atoms with Gasteiger partial charge in [0.05, 0.1) is 17.6 Å². The smallest absolute Gasteiger partial charge is 0.0976 e. The largest absolute Gasteiger partial charge is 0.387 e. The summed E-state index contributed by atoms with van der Waals surface area (Å²) in [5, 5.41) is 20.2. The molecular formula is C16H20BrNO. The Kier molecular flexibility index (Phi) is 4.03. The minimum Gasteiger partial charge on any atom is -0.387 e. The van der Waals surface area contributed by atoms with Gasteiger partial charge in [0, 0.05) is 4.47 Å². The molecule has 1 aliphatic carbocycles. The quantitative estimate of drug-likeness (QED) is 0.865. The van der Waals surface area contributed by atoms with Gasteiger partial charge in [-0.05, 0) is 48.8 Å². The van der Waals surface area contributed by atoms with Crippen LogP contribution in [0.5, 0.6) is 0 Å². The zero-order valence-corrected chi connectivity index (χ0v) is 13.1. The summed E-state index contributed by atoms with van der Waals surface area (Å²) in [5.74, 6) is 0. The molecule has 2 nitrogen and oxygen atoms in total. The second-order valence-electron chi connectivity index (χ2n) is 6.39. The van der Waals surface area contributed by atoms with E-state index in [2.05, 4.69) is 35.8 Å². The highest BCUT2D eigenvalue weighted by molar-refractivity contribution is 9.10. The molecule has 1 aromatic carbocycles. The van der Waals surface area contributed by atoms with Crippen molar-refractivity contribution in [3.8, 4) is 6.07 Å². The molecule has 0 radical (unpaired) electrons. The molecule has 0 amide bonds. The third-order valence-electron chi connectivity index (χ3n) is 4.41. The van der Waals surface area contributed by atoms with E-state index in [9.17, 15) is 10.4 Å². The molecule has 0 saturated heterocycles. The van der Waals surface area contributed by atoms with Gasteiger partial charge < -0.3 is 5.11 Å². The van der Waals surface area contributed by atoms with Crippen molar-refractivity contribution in [3.05, 3.63) is 34.3 Å². The summed E-state index contributed by atoms with van der Waals surface area (Å²) < 4.78 is 0.938. The van der Waals surface area contributed by atoms with E-state index in [4.69, 9.17) is 0 Å². The molecular weight excluding hydrogens is 302 g/mol. The average molecular weight is 322 g/mol. The maximum atomic E-state index is 10.6. The fourth-order valence-corrected chi connectivity index (χ4v) is 3.23. The zero-order valence-electron chi connectivity index (χ0n) is 11.5. The van der Waals surface area contributed by atoms with E-state index in [1.165, 1.54) is 0 Å². The lowest BCUT2D eigenvalue weighted by Gasteiger charge is -2.42. The number of benzene rings is 1. The van der Waals surface area contributed by atoms with E-state index in [0.29, 0.717) is 0 Å². The van der Waals surface area contributed by atoms with E-state index in [1.54, 1.807) is 0 Å².